The van der Waals surface area contributed by atoms with Gasteiger partial charge < -0.3 is 5.11 Å². The molecule has 0 saturated heterocycles. The van der Waals surface area contributed by atoms with Crippen molar-refractivity contribution >= 4 is 15.8 Å². The van der Waals surface area contributed by atoms with Crippen molar-refractivity contribution in [2.45, 2.75) is 17.6 Å². The lowest BCUT2D eigenvalue weighted by Gasteiger charge is -2.08. The van der Waals surface area contributed by atoms with E-state index in [1.165, 1.54) is 19.3 Å². The predicted molar refractivity (Wildman–Crippen MR) is 71.0 cm³/mol. The van der Waals surface area contributed by atoms with Crippen molar-refractivity contribution in [2.75, 3.05) is 0 Å². The van der Waals surface area contributed by atoms with Crippen LogP contribution < -0.4 is 0 Å². The summed E-state index contributed by atoms with van der Waals surface area (Å²) in [6, 6.07) is 3.45. The molecule has 6 nitrogen and oxygen atoms in total. The number of aromatic carboxylic acids is 1. The molecule has 0 atom stereocenters. The topological polar surface area (TPSA) is 97.2 Å². The normalized spacial score (nSPS) is 11.3. The van der Waals surface area contributed by atoms with Gasteiger partial charge in [0.1, 0.15) is 17.4 Å². The van der Waals surface area contributed by atoms with Gasteiger partial charge in [-0.1, -0.05) is 0 Å². The van der Waals surface area contributed by atoms with Crippen LogP contribution in [0.2, 0.25) is 0 Å². The fourth-order valence-corrected chi connectivity index (χ4v) is 3.04. The quantitative estimate of drug-likeness (QED) is 0.861. The summed E-state index contributed by atoms with van der Waals surface area (Å²) in [5.74, 6) is -2.88. The van der Waals surface area contributed by atoms with E-state index in [-0.39, 0.29) is 16.3 Å². The number of halogens is 1. The highest BCUT2D eigenvalue weighted by molar-refractivity contribution is 7.90. The molecule has 1 aromatic carbocycles. The standard InChI is InChI=1S/C13H11FN2O4S/c1-8-5-9(6-10(12(8)14)13(17)18)21(19,20)7-11-15-3-2-4-16-11/h2-6H,7H2,1H3,(H,17,18). The minimum atomic E-state index is -3.86. The summed E-state index contributed by atoms with van der Waals surface area (Å²) in [4.78, 5) is 18.3. The number of hydrogen-bond donors (Lipinski definition) is 1. The number of sulfone groups is 1. The van der Waals surface area contributed by atoms with Crippen molar-refractivity contribution in [1.82, 2.24) is 9.97 Å². The Bertz CT molecular complexity index is 791. The zero-order valence-electron chi connectivity index (χ0n) is 10.9. The fourth-order valence-electron chi connectivity index (χ4n) is 1.73. The summed E-state index contributed by atoms with van der Waals surface area (Å²) in [6.45, 7) is 1.31. The highest BCUT2D eigenvalue weighted by atomic mass is 32.2. The zero-order chi connectivity index (χ0) is 15.6. The van der Waals surface area contributed by atoms with Gasteiger partial charge in [-0.2, -0.15) is 0 Å². The van der Waals surface area contributed by atoms with Crippen LogP contribution in [0.15, 0.2) is 35.5 Å². The molecular weight excluding hydrogens is 299 g/mol. The van der Waals surface area contributed by atoms with Gasteiger partial charge >= 0.3 is 5.97 Å². The zero-order valence-corrected chi connectivity index (χ0v) is 11.8. The van der Waals surface area contributed by atoms with Gasteiger partial charge in [0.05, 0.1) is 10.5 Å². The van der Waals surface area contributed by atoms with E-state index < -0.39 is 32.9 Å². The molecule has 0 fully saturated rings. The molecule has 8 heteroatoms. The highest BCUT2D eigenvalue weighted by Gasteiger charge is 2.22. The summed E-state index contributed by atoms with van der Waals surface area (Å²) in [5, 5.41) is 8.91. The van der Waals surface area contributed by atoms with Gasteiger partial charge in [-0.3, -0.25) is 0 Å². The first-order valence-corrected chi connectivity index (χ1v) is 7.48. The maximum Gasteiger partial charge on any atom is 0.338 e. The first-order valence-electron chi connectivity index (χ1n) is 5.83. The Kier molecular flexibility index (Phi) is 3.99. The third-order valence-corrected chi connectivity index (χ3v) is 4.35. The number of rotatable bonds is 4. The molecule has 21 heavy (non-hydrogen) atoms. The predicted octanol–water partition coefficient (Wildman–Crippen LogP) is 1.60. The molecule has 0 aliphatic carbocycles. The fraction of sp³-hybridized carbons (Fsp3) is 0.154. The SMILES string of the molecule is Cc1cc(S(=O)(=O)Cc2ncccn2)cc(C(=O)O)c1F. The Morgan fingerprint density at radius 3 is 2.48 bits per heavy atom. The van der Waals surface area contributed by atoms with Gasteiger partial charge in [0, 0.05) is 12.4 Å². The molecule has 1 aromatic heterocycles. The van der Waals surface area contributed by atoms with Crippen molar-refractivity contribution in [3.8, 4) is 0 Å². The minimum absolute atomic E-state index is 0.0533. The highest BCUT2D eigenvalue weighted by Crippen LogP contribution is 2.21. The molecule has 0 aliphatic rings. The van der Waals surface area contributed by atoms with Gasteiger partial charge in [0.25, 0.3) is 0 Å². The maximum atomic E-state index is 13.6. The van der Waals surface area contributed by atoms with Gasteiger partial charge in [-0.25, -0.2) is 27.6 Å². The van der Waals surface area contributed by atoms with Crippen LogP contribution in [0, 0.1) is 12.7 Å². The molecule has 0 radical (unpaired) electrons. The molecular formula is C13H11FN2O4S. The molecule has 2 rings (SSSR count). The second-order valence-corrected chi connectivity index (χ2v) is 6.32. The summed E-state index contributed by atoms with van der Waals surface area (Å²) >= 11 is 0. The number of nitrogens with zero attached hydrogens (tertiary/aromatic N) is 2. The average Bonchev–Trinajstić information content (AvgIpc) is 2.41. The molecule has 0 bridgehead atoms. The molecule has 0 spiro atoms. The molecule has 1 heterocycles. The summed E-state index contributed by atoms with van der Waals surface area (Å²) < 4.78 is 38.1. The second-order valence-electron chi connectivity index (χ2n) is 4.33. The number of carboxylic acid groups (broad SMARTS) is 1. The van der Waals surface area contributed by atoms with Crippen molar-refractivity contribution in [1.29, 1.82) is 0 Å². The van der Waals surface area contributed by atoms with E-state index in [2.05, 4.69) is 9.97 Å². The number of aromatic nitrogens is 2. The Morgan fingerprint density at radius 2 is 1.90 bits per heavy atom. The van der Waals surface area contributed by atoms with Gasteiger partial charge in [0.2, 0.25) is 0 Å². The molecule has 0 unspecified atom stereocenters. The van der Waals surface area contributed by atoms with Gasteiger partial charge in [-0.05, 0) is 30.7 Å². The Morgan fingerprint density at radius 1 is 1.29 bits per heavy atom. The molecule has 1 N–H and O–H groups in total. The number of carbonyl (C=O) groups is 1. The van der Waals surface area contributed by atoms with Crippen molar-refractivity contribution in [3.63, 3.8) is 0 Å². The van der Waals surface area contributed by atoms with Crippen LogP contribution in [-0.2, 0) is 15.6 Å². The van der Waals surface area contributed by atoms with Crippen LogP contribution in [0.25, 0.3) is 0 Å². The van der Waals surface area contributed by atoms with Crippen molar-refractivity contribution in [3.05, 3.63) is 53.4 Å². The van der Waals surface area contributed by atoms with E-state index in [9.17, 15) is 17.6 Å². The van der Waals surface area contributed by atoms with Crippen LogP contribution in [0.4, 0.5) is 4.39 Å². The molecule has 0 saturated carbocycles. The van der Waals surface area contributed by atoms with Crippen LogP contribution in [0.3, 0.4) is 0 Å². The summed E-state index contributed by atoms with van der Waals surface area (Å²) in [6.07, 6.45) is 2.80. The van der Waals surface area contributed by atoms with Gasteiger partial charge in [0.15, 0.2) is 9.84 Å². The third-order valence-electron chi connectivity index (χ3n) is 2.76. The van der Waals surface area contributed by atoms with Crippen LogP contribution >= 0.6 is 0 Å². The second kappa shape index (κ2) is 5.57. The lowest BCUT2D eigenvalue weighted by Crippen LogP contribution is -2.11. The smallest absolute Gasteiger partial charge is 0.338 e. The Hall–Kier alpha value is -2.35. The van der Waals surface area contributed by atoms with E-state index in [1.807, 2.05) is 0 Å². The molecule has 2 aromatic rings. The van der Waals surface area contributed by atoms with Crippen molar-refractivity contribution in [2.24, 2.45) is 0 Å². The van der Waals surface area contributed by atoms with E-state index in [0.717, 1.165) is 12.1 Å². The summed E-state index contributed by atoms with van der Waals surface area (Å²) in [7, 11) is -3.86. The third kappa shape index (κ3) is 3.22. The number of hydrogen-bond acceptors (Lipinski definition) is 5. The van der Waals surface area contributed by atoms with Crippen LogP contribution in [0.5, 0.6) is 0 Å². The van der Waals surface area contributed by atoms with E-state index in [4.69, 9.17) is 5.11 Å². The lowest BCUT2D eigenvalue weighted by molar-refractivity contribution is 0.0691. The largest absolute Gasteiger partial charge is 0.478 e. The first kappa shape index (κ1) is 15.0. The van der Waals surface area contributed by atoms with Crippen LogP contribution in [-0.4, -0.2) is 29.5 Å². The lowest BCUT2D eigenvalue weighted by atomic mass is 10.1. The Balaban J connectivity index is 2.48. The maximum absolute atomic E-state index is 13.6. The molecule has 0 amide bonds. The number of aryl methyl sites for hydroxylation is 1. The number of carboxylic acids is 1. The van der Waals surface area contributed by atoms with Crippen LogP contribution in [0.1, 0.15) is 21.7 Å². The van der Waals surface area contributed by atoms with E-state index in [0.29, 0.717) is 0 Å². The van der Waals surface area contributed by atoms with Crippen molar-refractivity contribution < 1.29 is 22.7 Å². The van der Waals surface area contributed by atoms with Gasteiger partial charge in [-0.15, -0.1) is 0 Å². The monoisotopic (exact) mass is 310 g/mol. The summed E-state index contributed by atoms with van der Waals surface area (Å²) in [5.41, 5.74) is -0.731. The van der Waals surface area contributed by atoms with E-state index in [1.54, 1.807) is 6.07 Å². The first-order chi connectivity index (χ1) is 9.81. The average molecular weight is 310 g/mol. The Labute approximate surface area is 120 Å². The van der Waals surface area contributed by atoms with E-state index >= 15 is 0 Å². The number of benzene rings is 1. The molecule has 110 valence electrons. The molecule has 0 aliphatic heterocycles. The minimum Gasteiger partial charge on any atom is -0.478 e.